The molecule has 0 fully saturated rings. The summed E-state index contributed by atoms with van der Waals surface area (Å²) in [5.74, 6) is -1.10. The number of hydrogen-bond donors (Lipinski definition) is 1. The molecule has 110 valence electrons. The van der Waals surface area contributed by atoms with Crippen LogP contribution in [0.2, 0.25) is 5.02 Å². The van der Waals surface area contributed by atoms with Crippen molar-refractivity contribution >= 4 is 44.7 Å². The van der Waals surface area contributed by atoms with E-state index in [2.05, 4.69) is 15.9 Å². The Morgan fingerprint density at radius 1 is 1.29 bits per heavy atom. The van der Waals surface area contributed by atoms with Gasteiger partial charge in [-0.15, -0.1) is 0 Å². The molecule has 0 radical (unpaired) electrons. The summed E-state index contributed by atoms with van der Waals surface area (Å²) >= 11 is 13.8. The Hall–Kier alpha value is -1.24. The standard InChI is InChI=1S/C14H9BrClF2NOS/c15-9-2-3-11(17)8(13(9)18)6-20-12-4-1-7(14(19)21)5-10(12)16/h1-5H,6H2,(H2,19,21). The van der Waals surface area contributed by atoms with Crippen molar-refractivity contribution in [1.82, 2.24) is 0 Å². The second-order valence-corrected chi connectivity index (χ2v) is 5.82. The summed E-state index contributed by atoms with van der Waals surface area (Å²) in [5, 5.41) is 0.260. The fraction of sp³-hybridized carbons (Fsp3) is 0.0714. The number of hydrogen-bond acceptors (Lipinski definition) is 2. The first kappa shape index (κ1) is 16.1. The zero-order valence-corrected chi connectivity index (χ0v) is 13.7. The molecule has 2 aromatic carbocycles. The molecule has 0 bridgehead atoms. The second kappa shape index (κ2) is 6.68. The summed E-state index contributed by atoms with van der Waals surface area (Å²) in [7, 11) is 0. The highest BCUT2D eigenvalue weighted by molar-refractivity contribution is 9.10. The third-order valence-electron chi connectivity index (χ3n) is 2.73. The molecule has 21 heavy (non-hydrogen) atoms. The molecule has 7 heteroatoms. The molecule has 2 aromatic rings. The van der Waals surface area contributed by atoms with Crippen LogP contribution in [0, 0.1) is 11.6 Å². The van der Waals surface area contributed by atoms with E-state index in [0.29, 0.717) is 5.56 Å². The summed E-state index contributed by atoms with van der Waals surface area (Å²) < 4.78 is 32.9. The maximum absolute atomic E-state index is 13.8. The van der Waals surface area contributed by atoms with E-state index in [9.17, 15) is 8.78 Å². The van der Waals surface area contributed by atoms with Crippen LogP contribution in [-0.4, -0.2) is 4.99 Å². The van der Waals surface area contributed by atoms with Gasteiger partial charge in [-0.05, 0) is 46.3 Å². The molecule has 0 saturated heterocycles. The zero-order valence-electron chi connectivity index (χ0n) is 10.5. The fourth-order valence-electron chi connectivity index (χ4n) is 1.62. The van der Waals surface area contributed by atoms with Crippen molar-refractivity contribution in [2.75, 3.05) is 0 Å². The van der Waals surface area contributed by atoms with E-state index in [4.69, 9.17) is 34.3 Å². The van der Waals surface area contributed by atoms with E-state index < -0.39 is 11.6 Å². The van der Waals surface area contributed by atoms with Crippen LogP contribution in [-0.2, 0) is 6.61 Å². The number of thiocarbonyl (C=S) groups is 1. The van der Waals surface area contributed by atoms with E-state index in [-0.39, 0.29) is 32.4 Å². The summed E-state index contributed by atoms with van der Waals surface area (Å²) in [4.78, 5) is 0.201. The topological polar surface area (TPSA) is 35.2 Å². The average Bonchev–Trinajstić information content (AvgIpc) is 2.44. The van der Waals surface area contributed by atoms with Crippen LogP contribution in [0.3, 0.4) is 0 Å². The van der Waals surface area contributed by atoms with Crippen LogP contribution in [0.25, 0.3) is 0 Å². The van der Waals surface area contributed by atoms with Gasteiger partial charge in [-0.25, -0.2) is 8.78 Å². The summed E-state index contributed by atoms with van der Waals surface area (Å²) in [5.41, 5.74) is 5.89. The van der Waals surface area contributed by atoms with E-state index in [0.717, 1.165) is 6.07 Å². The highest BCUT2D eigenvalue weighted by Crippen LogP contribution is 2.28. The molecule has 0 aliphatic rings. The molecule has 0 aromatic heterocycles. The van der Waals surface area contributed by atoms with E-state index in [1.165, 1.54) is 12.1 Å². The minimum Gasteiger partial charge on any atom is -0.487 e. The minimum absolute atomic E-state index is 0.164. The average molecular weight is 393 g/mol. The normalized spacial score (nSPS) is 10.5. The third-order valence-corrected chi connectivity index (χ3v) is 3.87. The van der Waals surface area contributed by atoms with Gasteiger partial charge in [0, 0.05) is 5.56 Å². The number of nitrogens with two attached hydrogens (primary N) is 1. The van der Waals surface area contributed by atoms with Crippen molar-refractivity contribution in [2.24, 2.45) is 5.73 Å². The van der Waals surface area contributed by atoms with Gasteiger partial charge in [0.2, 0.25) is 0 Å². The highest BCUT2D eigenvalue weighted by atomic mass is 79.9. The molecule has 0 aliphatic heterocycles. The van der Waals surface area contributed by atoms with Gasteiger partial charge in [0.05, 0.1) is 15.1 Å². The Morgan fingerprint density at radius 3 is 2.62 bits per heavy atom. The number of rotatable bonds is 4. The van der Waals surface area contributed by atoms with Crippen molar-refractivity contribution < 1.29 is 13.5 Å². The summed E-state index contributed by atoms with van der Waals surface area (Å²) in [6.45, 7) is -0.288. The van der Waals surface area contributed by atoms with E-state index >= 15 is 0 Å². The number of halogens is 4. The smallest absolute Gasteiger partial charge is 0.146 e. The fourth-order valence-corrected chi connectivity index (χ4v) is 2.36. The molecule has 0 aliphatic carbocycles. The van der Waals surface area contributed by atoms with Gasteiger partial charge in [0.15, 0.2) is 0 Å². The predicted octanol–water partition coefficient (Wildman–Crippen LogP) is 4.59. The Morgan fingerprint density at radius 2 is 2.00 bits per heavy atom. The zero-order chi connectivity index (χ0) is 15.6. The van der Waals surface area contributed by atoms with Crippen LogP contribution in [0.4, 0.5) is 8.78 Å². The molecular weight excluding hydrogens is 384 g/mol. The Balaban J connectivity index is 2.21. The lowest BCUT2D eigenvalue weighted by molar-refractivity contribution is 0.292. The first-order valence-corrected chi connectivity index (χ1v) is 7.32. The van der Waals surface area contributed by atoms with Crippen molar-refractivity contribution in [1.29, 1.82) is 0 Å². The van der Waals surface area contributed by atoms with Gasteiger partial charge >= 0.3 is 0 Å². The Bertz CT molecular complexity index is 712. The molecule has 2 N–H and O–H groups in total. The van der Waals surface area contributed by atoms with Crippen LogP contribution in [0.5, 0.6) is 5.75 Å². The molecular formula is C14H9BrClF2NOS. The maximum Gasteiger partial charge on any atom is 0.146 e. The molecule has 0 atom stereocenters. The second-order valence-electron chi connectivity index (χ2n) is 4.12. The van der Waals surface area contributed by atoms with Gasteiger partial charge in [0.1, 0.15) is 29.0 Å². The van der Waals surface area contributed by atoms with Crippen LogP contribution in [0.1, 0.15) is 11.1 Å². The SMILES string of the molecule is NC(=S)c1ccc(OCc2c(F)ccc(Br)c2F)c(Cl)c1. The van der Waals surface area contributed by atoms with Crippen molar-refractivity contribution in [3.63, 3.8) is 0 Å². The maximum atomic E-state index is 13.8. The molecule has 2 nitrogen and oxygen atoms in total. The lowest BCUT2D eigenvalue weighted by Crippen LogP contribution is -2.09. The van der Waals surface area contributed by atoms with Crippen LogP contribution >= 0.6 is 39.7 Å². The molecule has 2 rings (SSSR count). The largest absolute Gasteiger partial charge is 0.487 e. The minimum atomic E-state index is -0.703. The number of benzene rings is 2. The van der Waals surface area contributed by atoms with E-state index in [1.54, 1.807) is 12.1 Å². The van der Waals surface area contributed by atoms with Crippen molar-refractivity contribution in [2.45, 2.75) is 6.61 Å². The summed E-state index contributed by atoms with van der Waals surface area (Å²) in [6, 6.07) is 7.15. The Kier molecular flexibility index (Phi) is 5.13. The quantitative estimate of drug-likeness (QED) is 0.610. The van der Waals surface area contributed by atoms with Gasteiger partial charge in [-0.3, -0.25) is 0 Å². The summed E-state index contributed by atoms with van der Waals surface area (Å²) in [6.07, 6.45) is 0. The third kappa shape index (κ3) is 3.70. The monoisotopic (exact) mass is 391 g/mol. The number of ether oxygens (including phenoxy) is 1. The lowest BCUT2D eigenvalue weighted by Gasteiger charge is -2.11. The van der Waals surface area contributed by atoms with E-state index in [1.807, 2.05) is 0 Å². The molecule has 0 spiro atoms. The van der Waals surface area contributed by atoms with Crippen LogP contribution < -0.4 is 10.5 Å². The van der Waals surface area contributed by atoms with Crippen molar-refractivity contribution in [3.05, 3.63) is 62.6 Å². The van der Waals surface area contributed by atoms with Gasteiger partial charge in [-0.2, -0.15) is 0 Å². The molecule has 0 amide bonds. The van der Waals surface area contributed by atoms with Gasteiger partial charge < -0.3 is 10.5 Å². The molecule has 0 unspecified atom stereocenters. The predicted molar refractivity (Wildman–Crippen MR) is 85.7 cm³/mol. The lowest BCUT2D eigenvalue weighted by atomic mass is 10.2. The highest BCUT2D eigenvalue weighted by Gasteiger charge is 2.14. The van der Waals surface area contributed by atoms with Gasteiger partial charge in [0.25, 0.3) is 0 Å². The molecule has 0 saturated carbocycles. The van der Waals surface area contributed by atoms with Gasteiger partial charge in [-0.1, -0.05) is 23.8 Å². The van der Waals surface area contributed by atoms with Crippen molar-refractivity contribution in [3.8, 4) is 5.75 Å². The molecule has 0 heterocycles. The first-order chi connectivity index (χ1) is 9.90. The van der Waals surface area contributed by atoms with Crippen LogP contribution in [0.15, 0.2) is 34.8 Å². The first-order valence-electron chi connectivity index (χ1n) is 5.74. The Labute approximate surface area is 139 Å².